The Hall–Kier alpha value is -3.83. The number of likely N-dealkylation sites (tertiary alicyclic amines) is 1. The number of nitrogens with zero attached hydrogens (tertiary/aromatic N) is 6. The number of hydrogen-bond donors (Lipinski definition) is 2. The average molecular weight is 548 g/mol. The number of pyridine rings is 1. The first kappa shape index (κ1) is 26.4. The van der Waals surface area contributed by atoms with Gasteiger partial charge in [-0.3, -0.25) is 9.20 Å². The van der Waals surface area contributed by atoms with E-state index in [1.807, 2.05) is 17.4 Å². The summed E-state index contributed by atoms with van der Waals surface area (Å²) in [6, 6.07) is 4.96. The summed E-state index contributed by atoms with van der Waals surface area (Å²) in [5.74, 6) is 0.153. The molecule has 4 aromatic rings. The van der Waals surface area contributed by atoms with Gasteiger partial charge in [-0.25, -0.2) is 14.1 Å². The number of carbonyl (C=O) groups is 1. The van der Waals surface area contributed by atoms with Gasteiger partial charge in [-0.2, -0.15) is 0 Å². The van der Waals surface area contributed by atoms with Gasteiger partial charge >= 0.3 is 0 Å². The van der Waals surface area contributed by atoms with Crippen molar-refractivity contribution in [2.45, 2.75) is 57.6 Å². The van der Waals surface area contributed by atoms with Crippen LogP contribution in [0.25, 0.3) is 22.7 Å². The lowest BCUT2D eigenvalue weighted by molar-refractivity contribution is 0.0947. The first-order valence-corrected chi connectivity index (χ1v) is 13.8. The Morgan fingerprint density at radius 2 is 1.98 bits per heavy atom. The first-order valence-electron chi connectivity index (χ1n) is 13.8. The molecule has 4 heterocycles. The standard InChI is InChI=1S/C29H34FN7O3/c1-17-10-23(30)21(29(39)32-20-4-5-20)11-25(17)37-16-24(33-34-37)26-13-31-28-12-27(40-3)22(15-36(26)28)19-6-8-35(9-7-19)14-18(2)38/h10-13,15-16,18-20,38H,4-9,14H2,1-3H3,(H,32,39)/t18-/m0/s1. The number of amides is 1. The van der Waals surface area contributed by atoms with Crippen LogP contribution in [0.1, 0.15) is 60.0 Å². The molecule has 1 saturated heterocycles. The Bertz CT molecular complexity index is 1550. The van der Waals surface area contributed by atoms with Crippen LogP contribution >= 0.6 is 0 Å². The van der Waals surface area contributed by atoms with Gasteiger partial charge < -0.3 is 20.1 Å². The number of piperidine rings is 1. The van der Waals surface area contributed by atoms with Crippen molar-refractivity contribution in [1.82, 2.24) is 34.6 Å². The lowest BCUT2D eigenvalue weighted by Crippen LogP contribution is -2.37. The molecule has 0 spiro atoms. The summed E-state index contributed by atoms with van der Waals surface area (Å²) in [6.45, 7) is 6.12. The molecule has 6 rings (SSSR count). The number of ether oxygens (including phenoxy) is 1. The fourth-order valence-corrected chi connectivity index (χ4v) is 5.57. The number of nitrogens with one attached hydrogen (secondary N) is 1. The summed E-state index contributed by atoms with van der Waals surface area (Å²) in [6.07, 6.45) is 9.05. The molecule has 2 fully saturated rings. The molecule has 40 heavy (non-hydrogen) atoms. The number of carbonyl (C=O) groups excluding carboxylic acids is 1. The van der Waals surface area contributed by atoms with E-state index in [0.29, 0.717) is 29.4 Å². The largest absolute Gasteiger partial charge is 0.496 e. The fourth-order valence-electron chi connectivity index (χ4n) is 5.57. The van der Waals surface area contributed by atoms with Crippen molar-refractivity contribution in [3.8, 4) is 22.8 Å². The number of β-amino-alcohol motifs (C(OH)–C–C–N with tert-alkyl or cyclic N) is 1. The topological polar surface area (TPSA) is 110 Å². The molecule has 10 nitrogen and oxygen atoms in total. The number of halogens is 1. The number of aryl methyl sites for hydroxylation is 1. The van der Waals surface area contributed by atoms with Crippen molar-refractivity contribution in [1.29, 1.82) is 0 Å². The maximum absolute atomic E-state index is 14.7. The van der Waals surface area contributed by atoms with E-state index in [0.717, 1.165) is 61.4 Å². The predicted octanol–water partition coefficient (Wildman–Crippen LogP) is 3.49. The van der Waals surface area contributed by atoms with E-state index >= 15 is 0 Å². The Morgan fingerprint density at radius 1 is 1.20 bits per heavy atom. The molecule has 2 aliphatic rings. The summed E-state index contributed by atoms with van der Waals surface area (Å²) in [7, 11) is 1.68. The van der Waals surface area contributed by atoms with Crippen LogP contribution in [0.3, 0.4) is 0 Å². The molecule has 0 bridgehead atoms. The van der Waals surface area contributed by atoms with Gasteiger partial charge in [0.2, 0.25) is 0 Å². The number of fused-ring (bicyclic) bond motifs is 1. The second-order valence-corrected chi connectivity index (χ2v) is 11.0. The highest BCUT2D eigenvalue weighted by Gasteiger charge is 2.27. The third-order valence-corrected chi connectivity index (χ3v) is 7.85. The van der Waals surface area contributed by atoms with Crippen LogP contribution in [0.5, 0.6) is 5.75 Å². The van der Waals surface area contributed by atoms with E-state index < -0.39 is 11.7 Å². The monoisotopic (exact) mass is 547 g/mol. The first-order chi connectivity index (χ1) is 19.3. The molecule has 1 aliphatic heterocycles. The molecule has 3 aromatic heterocycles. The van der Waals surface area contributed by atoms with Gasteiger partial charge in [-0.05, 0) is 76.2 Å². The predicted molar refractivity (Wildman–Crippen MR) is 147 cm³/mol. The van der Waals surface area contributed by atoms with Crippen molar-refractivity contribution in [3.63, 3.8) is 0 Å². The van der Waals surface area contributed by atoms with Gasteiger partial charge in [-0.1, -0.05) is 5.21 Å². The highest BCUT2D eigenvalue weighted by Crippen LogP contribution is 2.36. The van der Waals surface area contributed by atoms with E-state index in [1.54, 1.807) is 31.1 Å². The summed E-state index contributed by atoms with van der Waals surface area (Å²) in [5.41, 5.74) is 4.43. The van der Waals surface area contributed by atoms with Crippen molar-refractivity contribution in [2.75, 3.05) is 26.7 Å². The summed E-state index contributed by atoms with van der Waals surface area (Å²) in [5, 5.41) is 21.3. The molecule has 1 aromatic carbocycles. The fraction of sp³-hybridized carbons (Fsp3) is 0.448. The van der Waals surface area contributed by atoms with E-state index in [2.05, 4.69) is 31.7 Å². The zero-order valence-electron chi connectivity index (χ0n) is 23.0. The normalized spacial score (nSPS) is 17.3. The molecule has 1 saturated carbocycles. The van der Waals surface area contributed by atoms with Gasteiger partial charge in [0.1, 0.15) is 22.9 Å². The zero-order chi connectivity index (χ0) is 28.0. The highest BCUT2D eigenvalue weighted by molar-refractivity contribution is 5.95. The van der Waals surface area contributed by atoms with Crippen molar-refractivity contribution in [3.05, 3.63) is 59.3 Å². The van der Waals surface area contributed by atoms with Crippen molar-refractivity contribution >= 4 is 11.6 Å². The molecule has 1 amide bonds. The maximum atomic E-state index is 14.7. The Balaban J connectivity index is 1.30. The van der Waals surface area contributed by atoms with Crippen LogP contribution < -0.4 is 10.1 Å². The van der Waals surface area contributed by atoms with Crippen LogP contribution in [-0.2, 0) is 0 Å². The van der Waals surface area contributed by atoms with Gasteiger partial charge in [-0.15, -0.1) is 5.10 Å². The maximum Gasteiger partial charge on any atom is 0.254 e. The average Bonchev–Trinajstić information content (AvgIpc) is 3.44. The van der Waals surface area contributed by atoms with Gasteiger partial charge in [0.05, 0.1) is 42.6 Å². The minimum Gasteiger partial charge on any atom is -0.496 e. The number of rotatable bonds is 8. The minimum atomic E-state index is -0.556. The Kier molecular flexibility index (Phi) is 7.01. The van der Waals surface area contributed by atoms with Gasteiger partial charge in [0.25, 0.3) is 5.91 Å². The molecule has 0 radical (unpaired) electrons. The Labute approximate surface area is 231 Å². The lowest BCUT2D eigenvalue weighted by Gasteiger charge is -2.33. The van der Waals surface area contributed by atoms with Gasteiger partial charge in [0.15, 0.2) is 0 Å². The molecule has 210 valence electrons. The summed E-state index contributed by atoms with van der Waals surface area (Å²) >= 11 is 0. The SMILES string of the molecule is COc1cc2ncc(-c3cn(-c4cc(C(=O)NC5CC5)c(F)cc4C)nn3)n2cc1C1CCN(C[C@H](C)O)CC1. The summed E-state index contributed by atoms with van der Waals surface area (Å²) < 4.78 is 24.0. The number of aliphatic hydroxyl groups excluding tert-OH is 1. The van der Waals surface area contributed by atoms with E-state index in [4.69, 9.17) is 4.74 Å². The quantitative estimate of drug-likeness (QED) is 0.348. The third-order valence-electron chi connectivity index (χ3n) is 7.85. The second kappa shape index (κ2) is 10.6. The number of benzene rings is 1. The third kappa shape index (κ3) is 5.18. The molecule has 0 unspecified atom stereocenters. The molecule has 1 aliphatic carbocycles. The van der Waals surface area contributed by atoms with Crippen LogP contribution in [0.15, 0.2) is 36.8 Å². The minimum absolute atomic E-state index is 0.00409. The smallest absolute Gasteiger partial charge is 0.254 e. The van der Waals surface area contributed by atoms with E-state index in [-0.39, 0.29) is 17.7 Å². The van der Waals surface area contributed by atoms with Crippen LogP contribution in [0.2, 0.25) is 0 Å². The number of aromatic nitrogens is 5. The van der Waals surface area contributed by atoms with Crippen LogP contribution in [0.4, 0.5) is 4.39 Å². The second-order valence-electron chi connectivity index (χ2n) is 11.0. The number of hydrogen-bond acceptors (Lipinski definition) is 7. The van der Waals surface area contributed by atoms with Crippen LogP contribution in [-0.4, -0.2) is 79.2 Å². The van der Waals surface area contributed by atoms with Gasteiger partial charge in [0, 0.05) is 30.4 Å². The number of methoxy groups -OCH3 is 1. The van der Waals surface area contributed by atoms with Crippen molar-refractivity contribution < 1.29 is 19.0 Å². The highest BCUT2D eigenvalue weighted by atomic mass is 19.1. The number of aliphatic hydroxyl groups is 1. The number of imidazole rings is 1. The summed E-state index contributed by atoms with van der Waals surface area (Å²) in [4.78, 5) is 19.5. The van der Waals surface area contributed by atoms with Crippen molar-refractivity contribution in [2.24, 2.45) is 0 Å². The zero-order valence-corrected chi connectivity index (χ0v) is 23.0. The molecule has 1 atom stereocenters. The molecule has 11 heteroatoms. The lowest BCUT2D eigenvalue weighted by atomic mass is 9.89. The molecular formula is C29H34FN7O3. The van der Waals surface area contributed by atoms with Crippen LogP contribution in [0, 0.1) is 12.7 Å². The van der Waals surface area contributed by atoms with E-state index in [1.165, 1.54) is 12.1 Å². The van der Waals surface area contributed by atoms with E-state index in [9.17, 15) is 14.3 Å². The molecular weight excluding hydrogens is 513 g/mol. The Morgan fingerprint density at radius 3 is 2.67 bits per heavy atom. The molecule has 2 N–H and O–H groups in total.